The average molecular weight is 169 g/mol. The Hall–Kier alpha value is 0.190. The third-order valence-electron chi connectivity index (χ3n) is 0.839. The first-order valence-electron chi connectivity index (χ1n) is 2.20. The van der Waals surface area contributed by atoms with Gasteiger partial charge in [-0.1, -0.05) is 0 Å². The van der Waals surface area contributed by atoms with Crippen LogP contribution in [-0.4, -0.2) is 18.0 Å². The molecule has 4 nitrogen and oxygen atoms in total. The summed E-state index contributed by atoms with van der Waals surface area (Å²) in [5, 5.41) is -0.289. The molecule has 50 valence electrons. The summed E-state index contributed by atoms with van der Waals surface area (Å²) >= 11 is 0. The van der Waals surface area contributed by atoms with E-state index in [0.29, 0.717) is 0 Å². The standard InChI is InChI=1S/C4H5NO3S.Na/c6-9(7,8)4-2-1-3-5-4;/h1-3,5H,(H,6,7,8);/q;+1/p-1. The van der Waals surface area contributed by atoms with E-state index >= 15 is 0 Å². The van der Waals surface area contributed by atoms with Crippen molar-refractivity contribution < 1.29 is 42.5 Å². The van der Waals surface area contributed by atoms with Crippen molar-refractivity contribution in [3.8, 4) is 0 Å². The summed E-state index contributed by atoms with van der Waals surface area (Å²) in [6, 6.07) is 2.66. The van der Waals surface area contributed by atoms with Gasteiger partial charge < -0.3 is 9.54 Å². The Labute approximate surface area is 80.7 Å². The van der Waals surface area contributed by atoms with Crippen LogP contribution in [0.15, 0.2) is 23.4 Å². The summed E-state index contributed by atoms with van der Waals surface area (Å²) in [6.45, 7) is 0. The molecule has 1 N–H and O–H groups in total. The Morgan fingerprint density at radius 1 is 1.50 bits per heavy atom. The van der Waals surface area contributed by atoms with E-state index in [2.05, 4.69) is 4.98 Å². The summed E-state index contributed by atoms with van der Waals surface area (Å²) in [5.41, 5.74) is 0. The van der Waals surface area contributed by atoms with Crippen molar-refractivity contribution in [3.05, 3.63) is 18.3 Å². The molecule has 10 heavy (non-hydrogen) atoms. The molecular weight excluding hydrogens is 165 g/mol. The molecule has 1 heterocycles. The van der Waals surface area contributed by atoms with Crippen molar-refractivity contribution in [2.45, 2.75) is 5.03 Å². The number of aromatic nitrogens is 1. The maximum atomic E-state index is 10.1. The molecule has 6 heteroatoms. The van der Waals surface area contributed by atoms with Gasteiger partial charge in [0, 0.05) is 6.20 Å². The van der Waals surface area contributed by atoms with Crippen LogP contribution in [0.25, 0.3) is 0 Å². The van der Waals surface area contributed by atoms with Crippen LogP contribution < -0.4 is 29.6 Å². The van der Waals surface area contributed by atoms with Gasteiger partial charge in [-0.05, 0) is 12.1 Å². The fraction of sp³-hybridized carbons (Fsp3) is 0. The zero-order valence-corrected chi connectivity index (χ0v) is 8.18. The van der Waals surface area contributed by atoms with Gasteiger partial charge in [0.05, 0.1) is 0 Å². The fourth-order valence-corrected chi connectivity index (χ4v) is 0.927. The molecule has 0 amide bonds. The van der Waals surface area contributed by atoms with E-state index in [9.17, 15) is 13.0 Å². The number of aromatic amines is 1. The molecule has 1 aromatic heterocycles. The van der Waals surface area contributed by atoms with Crippen LogP contribution >= 0.6 is 0 Å². The molecule has 0 aromatic carbocycles. The van der Waals surface area contributed by atoms with Crippen LogP contribution in [-0.2, 0) is 10.1 Å². The largest absolute Gasteiger partial charge is 1.00 e. The van der Waals surface area contributed by atoms with Crippen LogP contribution in [0.1, 0.15) is 0 Å². The zero-order chi connectivity index (χ0) is 6.91. The first kappa shape index (κ1) is 10.2. The Morgan fingerprint density at radius 3 is 2.30 bits per heavy atom. The SMILES string of the molecule is O=S(=O)([O-])c1ccc[nH]1.[Na+]. The second kappa shape index (κ2) is 3.54. The molecule has 0 aliphatic carbocycles. The maximum absolute atomic E-state index is 10.1. The Morgan fingerprint density at radius 2 is 2.10 bits per heavy atom. The van der Waals surface area contributed by atoms with Gasteiger partial charge >= 0.3 is 29.6 Å². The van der Waals surface area contributed by atoms with E-state index in [1.807, 2.05) is 0 Å². The van der Waals surface area contributed by atoms with Crippen LogP contribution in [0, 0.1) is 0 Å². The van der Waals surface area contributed by atoms with E-state index in [1.165, 1.54) is 18.3 Å². The van der Waals surface area contributed by atoms with Crippen LogP contribution in [0.3, 0.4) is 0 Å². The Bertz CT molecular complexity index is 277. The van der Waals surface area contributed by atoms with E-state index in [0.717, 1.165) is 0 Å². The van der Waals surface area contributed by atoms with Crippen molar-refractivity contribution in [1.29, 1.82) is 0 Å². The molecule has 0 spiro atoms. The summed E-state index contributed by atoms with van der Waals surface area (Å²) in [5.74, 6) is 0. The minimum Gasteiger partial charge on any atom is -0.743 e. The van der Waals surface area contributed by atoms with Crippen molar-refractivity contribution >= 4 is 10.1 Å². The quantitative estimate of drug-likeness (QED) is 0.358. The molecule has 0 aliphatic rings. The maximum Gasteiger partial charge on any atom is 1.00 e. The van der Waals surface area contributed by atoms with Crippen molar-refractivity contribution in [1.82, 2.24) is 4.98 Å². The third kappa shape index (κ3) is 2.43. The van der Waals surface area contributed by atoms with E-state index < -0.39 is 10.1 Å². The molecule has 0 saturated carbocycles. The summed E-state index contributed by atoms with van der Waals surface area (Å²) in [4.78, 5) is 2.28. The number of nitrogens with one attached hydrogen (secondary N) is 1. The number of hydrogen-bond donors (Lipinski definition) is 1. The molecule has 1 rings (SSSR count). The Kier molecular flexibility index (Phi) is 3.61. The minimum atomic E-state index is -4.27. The molecule has 0 unspecified atom stereocenters. The van der Waals surface area contributed by atoms with Crippen LogP contribution in [0.4, 0.5) is 0 Å². The van der Waals surface area contributed by atoms with Crippen LogP contribution in [0.5, 0.6) is 0 Å². The first-order chi connectivity index (χ1) is 4.11. The second-order valence-electron chi connectivity index (χ2n) is 1.49. The average Bonchev–Trinajstić information content (AvgIpc) is 2.08. The van der Waals surface area contributed by atoms with Crippen molar-refractivity contribution in [3.63, 3.8) is 0 Å². The fourth-order valence-electron chi connectivity index (χ4n) is 0.469. The van der Waals surface area contributed by atoms with Gasteiger partial charge in [0.25, 0.3) is 0 Å². The predicted octanol–water partition coefficient (Wildman–Crippen LogP) is -3.08. The summed E-state index contributed by atoms with van der Waals surface area (Å²) in [7, 11) is -4.27. The van der Waals surface area contributed by atoms with Gasteiger partial charge in [-0.25, -0.2) is 8.42 Å². The minimum absolute atomic E-state index is 0. The smallest absolute Gasteiger partial charge is 0.743 e. The van der Waals surface area contributed by atoms with Gasteiger partial charge in [-0.15, -0.1) is 0 Å². The van der Waals surface area contributed by atoms with Gasteiger partial charge in [0.1, 0.15) is 15.1 Å². The first-order valence-corrected chi connectivity index (χ1v) is 3.61. The van der Waals surface area contributed by atoms with Crippen LogP contribution in [0.2, 0.25) is 0 Å². The van der Waals surface area contributed by atoms with E-state index in [-0.39, 0.29) is 34.6 Å². The molecule has 0 radical (unpaired) electrons. The Balaban J connectivity index is 0.000000810. The number of H-pyrrole nitrogens is 1. The molecule has 0 saturated heterocycles. The molecule has 0 fully saturated rings. The topological polar surface area (TPSA) is 73.0 Å². The monoisotopic (exact) mass is 169 g/mol. The van der Waals surface area contributed by atoms with Gasteiger partial charge in [0.2, 0.25) is 0 Å². The van der Waals surface area contributed by atoms with Gasteiger partial charge in [-0.3, -0.25) is 0 Å². The van der Waals surface area contributed by atoms with Crippen molar-refractivity contribution in [2.75, 3.05) is 0 Å². The predicted molar refractivity (Wildman–Crippen MR) is 28.8 cm³/mol. The number of hydrogen-bond acceptors (Lipinski definition) is 3. The zero-order valence-electron chi connectivity index (χ0n) is 5.37. The second-order valence-corrected chi connectivity index (χ2v) is 2.84. The number of rotatable bonds is 1. The molecule has 1 aromatic rings. The molecular formula is C4H4NNaO3S. The van der Waals surface area contributed by atoms with Crippen molar-refractivity contribution in [2.24, 2.45) is 0 Å². The summed E-state index contributed by atoms with van der Waals surface area (Å²) in [6.07, 6.45) is 1.38. The van der Waals surface area contributed by atoms with Gasteiger partial charge in [-0.2, -0.15) is 0 Å². The molecule has 0 aliphatic heterocycles. The van der Waals surface area contributed by atoms with E-state index in [4.69, 9.17) is 0 Å². The van der Waals surface area contributed by atoms with Gasteiger partial charge in [0.15, 0.2) is 0 Å². The molecule has 0 atom stereocenters. The van der Waals surface area contributed by atoms with E-state index in [1.54, 1.807) is 0 Å². The summed E-state index contributed by atoms with van der Waals surface area (Å²) < 4.78 is 30.3. The normalized spacial score (nSPS) is 10.5. The third-order valence-corrected chi connectivity index (χ3v) is 1.63. The molecule has 0 bridgehead atoms.